The molecule has 0 aliphatic heterocycles. The molecule has 0 aliphatic rings. The van der Waals surface area contributed by atoms with Crippen LogP contribution >= 0.6 is 0 Å². The molecule has 1 amide bonds. The number of ether oxygens (including phenoxy) is 2. The van der Waals surface area contributed by atoms with Gasteiger partial charge in [0.1, 0.15) is 11.5 Å². The number of rotatable bonds is 9. The largest absolute Gasteiger partial charge is 0.497 e. The Morgan fingerprint density at radius 1 is 0.939 bits per heavy atom. The third kappa shape index (κ3) is 6.49. The lowest BCUT2D eigenvalue weighted by Crippen LogP contribution is -2.31. The van der Waals surface area contributed by atoms with Gasteiger partial charge < -0.3 is 14.8 Å². The standard InChI is InChI=1S/C25H28N2O5S/c1-17-5-6-18(2)24(15-17)27-33(29,30)23-13-11-22(12-14-23)32-16-25(28)26-19(3)20-7-9-21(31-4)10-8-20/h5-15,19,27H,16H2,1-4H3,(H,26,28)/t19-/m0/s1. The van der Waals surface area contributed by atoms with E-state index in [0.29, 0.717) is 11.4 Å². The number of hydrogen-bond donors (Lipinski definition) is 2. The van der Waals surface area contributed by atoms with Crippen molar-refractivity contribution >= 4 is 21.6 Å². The highest BCUT2D eigenvalue weighted by atomic mass is 32.2. The van der Waals surface area contributed by atoms with Crippen LogP contribution in [0.2, 0.25) is 0 Å². The fourth-order valence-corrected chi connectivity index (χ4v) is 4.29. The van der Waals surface area contributed by atoms with Gasteiger partial charge in [0, 0.05) is 0 Å². The van der Waals surface area contributed by atoms with Crippen molar-refractivity contribution in [1.82, 2.24) is 5.32 Å². The maximum absolute atomic E-state index is 12.7. The maximum atomic E-state index is 12.7. The zero-order chi connectivity index (χ0) is 24.0. The Bertz CT molecular complexity index is 1210. The molecule has 7 nitrogen and oxygen atoms in total. The highest BCUT2D eigenvalue weighted by Crippen LogP contribution is 2.23. The lowest BCUT2D eigenvalue weighted by atomic mass is 10.1. The fraction of sp³-hybridized carbons (Fsp3) is 0.240. The summed E-state index contributed by atoms with van der Waals surface area (Å²) >= 11 is 0. The van der Waals surface area contributed by atoms with Gasteiger partial charge in [-0.2, -0.15) is 0 Å². The van der Waals surface area contributed by atoms with Crippen LogP contribution in [0, 0.1) is 13.8 Å². The van der Waals surface area contributed by atoms with Crippen LogP contribution in [-0.4, -0.2) is 28.0 Å². The Morgan fingerprint density at radius 3 is 2.21 bits per heavy atom. The van der Waals surface area contributed by atoms with Crippen LogP contribution in [0.1, 0.15) is 29.7 Å². The molecule has 0 spiro atoms. The molecule has 33 heavy (non-hydrogen) atoms. The third-order valence-corrected chi connectivity index (χ3v) is 6.52. The van der Waals surface area contributed by atoms with Gasteiger partial charge in [-0.15, -0.1) is 0 Å². The molecule has 0 aliphatic carbocycles. The van der Waals surface area contributed by atoms with Crippen LogP contribution < -0.4 is 19.5 Å². The van der Waals surface area contributed by atoms with Crippen LogP contribution in [0.3, 0.4) is 0 Å². The smallest absolute Gasteiger partial charge is 0.261 e. The van der Waals surface area contributed by atoms with Crippen molar-refractivity contribution in [2.24, 2.45) is 0 Å². The van der Waals surface area contributed by atoms with Gasteiger partial charge in [-0.3, -0.25) is 9.52 Å². The highest BCUT2D eigenvalue weighted by molar-refractivity contribution is 7.92. The first-order chi connectivity index (χ1) is 15.7. The Hall–Kier alpha value is -3.52. The van der Waals surface area contributed by atoms with Gasteiger partial charge in [0.2, 0.25) is 0 Å². The van der Waals surface area contributed by atoms with Crippen molar-refractivity contribution in [3.63, 3.8) is 0 Å². The first kappa shape index (κ1) is 24.1. The summed E-state index contributed by atoms with van der Waals surface area (Å²) in [6.45, 7) is 5.43. The predicted molar refractivity (Wildman–Crippen MR) is 128 cm³/mol. The Balaban J connectivity index is 1.56. The first-order valence-electron chi connectivity index (χ1n) is 10.4. The van der Waals surface area contributed by atoms with E-state index in [1.165, 1.54) is 24.3 Å². The Kier molecular flexibility index (Phi) is 7.60. The molecule has 0 fully saturated rings. The number of hydrogen-bond acceptors (Lipinski definition) is 5. The molecule has 0 heterocycles. The van der Waals surface area contributed by atoms with Crippen LogP contribution in [0.4, 0.5) is 5.69 Å². The van der Waals surface area contributed by atoms with Gasteiger partial charge in [-0.05, 0) is 79.9 Å². The monoisotopic (exact) mass is 468 g/mol. The molecule has 3 rings (SSSR count). The molecular weight excluding hydrogens is 440 g/mol. The number of sulfonamides is 1. The van der Waals surface area contributed by atoms with Gasteiger partial charge >= 0.3 is 0 Å². The molecule has 0 radical (unpaired) electrons. The fourth-order valence-electron chi connectivity index (χ4n) is 3.17. The second kappa shape index (κ2) is 10.4. The number of nitrogens with one attached hydrogen (secondary N) is 2. The van der Waals surface area contributed by atoms with Crippen LogP contribution in [-0.2, 0) is 14.8 Å². The Labute approximate surface area is 194 Å². The van der Waals surface area contributed by atoms with E-state index >= 15 is 0 Å². The molecule has 2 N–H and O–H groups in total. The topological polar surface area (TPSA) is 93.7 Å². The number of anilines is 1. The molecule has 1 atom stereocenters. The van der Waals surface area contributed by atoms with E-state index in [1.807, 2.05) is 57.2 Å². The minimum atomic E-state index is -3.75. The minimum Gasteiger partial charge on any atom is -0.497 e. The normalized spacial score (nSPS) is 12.0. The van der Waals surface area contributed by atoms with Crippen molar-refractivity contribution in [2.75, 3.05) is 18.4 Å². The summed E-state index contributed by atoms with van der Waals surface area (Å²) in [6, 6.07) is 18.8. The Morgan fingerprint density at radius 2 is 1.58 bits per heavy atom. The summed E-state index contributed by atoms with van der Waals surface area (Å²) in [5.74, 6) is 0.856. The molecule has 0 unspecified atom stereocenters. The van der Waals surface area contributed by atoms with Gasteiger partial charge in [0.25, 0.3) is 15.9 Å². The van der Waals surface area contributed by atoms with Crippen molar-refractivity contribution in [1.29, 1.82) is 0 Å². The average molecular weight is 469 g/mol. The van der Waals surface area contributed by atoms with Crippen molar-refractivity contribution < 1.29 is 22.7 Å². The van der Waals surface area contributed by atoms with Gasteiger partial charge in [0.15, 0.2) is 6.61 Å². The average Bonchev–Trinajstić information content (AvgIpc) is 2.80. The third-order valence-electron chi connectivity index (χ3n) is 5.13. The van der Waals surface area contributed by atoms with Gasteiger partial charge in [0.05, 0.1) is 23.7 Å². The highest BCUT2D eigenvalue weighted by Gasteiger charge is 2.16. The number of carbonyl (C=O) groups is 1. The van der Waals surface area contributed by atoms with E-state index in [4.69, 9.17) is 9.47 Å². The lowest BCUT2D eigenvalue weighted by molar-refractivity contribution is -0.123. The lowest BCUT2D eigenvalue weighted by Gasteiger charge is -2.15. The molecule has 8 heteroatoms. The summed E-state index contributed by atoms with van der Waals surface area (Å²) < 4.78 is 38.7. The quantitative estimate of drug-likeness (QED) is 0.486. The zero-order valence-electron chi connectivity index (χ0n) is 19.1. The van der Waals surface area contributed by atoms with Gasteiger partial charge in [-0.25, -0.2) is 8.42 Å². The van der Waals surface area contributed by atoms with E-state index in [2.05, 4.69) is 10.0 Å². The first-order valence-corrected chi connectivity index (χ1v) is 11.9. The zero-order valence-corrected chi connectivity index (χ0v) is 19.9. The molecule has 3 aromatic rings. The SMILES string of the molecule is COc1ccc([C@H](C)NC(=O)COc2ccc(S(=O)(=O)Nc3cc(C)ccc3C)cc2)cc1. The molecular formula is C25H28N2O5S. The number of carbonyl (C=O) groups excluding carboxylic acids is 1. The van der Waals surface area contributed by atoms with Gasteiger partial charge in [-0.1, -0.05) is 24.3 Å². The molecule has 0 bridgehead atoms. The van der Waals surface area contributed by atoms with E-state index in [-0.39, 0.29) is 23.5 Å². The molecule has 0 aromatic heterocycles. The van der Waals surface area contributed by atoms with Crippen LogP contribution in [0.5, 0.6) is 11.5 Å². The summed E-state index contributed by atoms with van der Waals surface area (Å²) in [5, 5.41) is 2.87. The van der Waals surface area contributed by atoms with E-state index in [0.717, 1.165) is 22.4 Å². The molecule has 174 valence electrons. The van der Waals surface area contributed by atoms with E-state index in [9.17, 15) is 13.2 Å². The second-order valence-electron chi connectivity index (χ2n) is 7.75. The number of amides is 1. The minimum absolute atomic E-state index is 0.105. The number of benzene rings is 3. The predicted octanol–water partition coefficient (Wildman–Crippen LogP) is 4.37. The van der Waals surface area contributed by atoms with Crippen LogP contribution in [0.25, 0.3) is 0 Å². The van der Waals surface area contributed by atoms with Crippen LogP contribution in [0.15, 0.2) is 71.6 Å². The molecule has 0 saturated heterocycles. The maximum Gasteiger partial charge on any atom is 0.261 e. The molecule has 3 aromatic carbocycles. The summed E-state index contributed by atoms with van der Waals surface area (Å²) in [4.78, 5) is 12.4. The second-order valence-corrected chi connectivity index (χ2v) is 9.43. The van der Waals surface area contributed by atoms with Crippen molar-refractivity contribution in [2.45, 2.75) is 31.7 Å². The van der Waals surface area contributed by atoms with E-state index in [1.54, 1.807) is 13.2 Å². The summed E-state index contributed by atoms with van der Waals surface area (Å²) in [5.41, 5.74) is 3.27. The van der Waals surface area contributed by atoms with Crippen molar-refractivity contribution in [3.8, 4) is 11.5 Å². The molecule has 0 saturated carbocycles. The van der Waals surface area contributed by atoms with E-state index < -0.39 is 10.0 Å². The van der Waals surface area contributed by atoms with Crippen molar-refractivity contribution in [3.05, 3.63) is 83.4 Å². The number of methoxy groups -OCH3 is 1. The summed E-state index contributed by atoms with van der Waals surface area (Å²) in [6.07, 6.45) is 0. The number of aryl methyl sites for hydroxylation is 2. The summed E-state index contributed by atoms with van der Waals surface area (Å²) in [7, 11) is -2.15.